The maximum Gasteiger partial charge on any atom is 0.222 e. The van der Waals surface area contributed by atoms with Gasteiger partial charge in [-0.15, -0.1) is 0 Å². The van der Waals surface area contributed by atoms with Gasteiger partial charge < -0.3 is 15.5 Å². The molecule has 1 aliphatic carbocycles. The fourth-order valence-electron chi connectivity index (χ4n) is 3.16. The summed E-state index contributed by atoms with van der Waals surface area (Å²) in [6.07, 6.45) is 4.54. The van der Waals surface area contributed by atoms with Gasteiger partial charge >= 0.3 is 0 Å². The third-order valence-electron chi connectivity index (χ3n) is 4.36. The molecule has 1 heterocycles. The van der Waals surface area contributed by atoms with E-state index in [1.807, 2.05) is 37.3 Å². The van der Waals surface area contributed by atoms with Crippen LogP contribution in [0, 0.1) is 0 Å². The molecule has 1 unspecified atom stereocenters. The minimum atomic E-state index is -0.308. The van der Waals surface area contributed by atoms with Crippen LogP contribution in [0.15, 0.2) is 34.7 Å². The molecule has 0 saturated heterocycles. The lowest BCUT2D eigenvalue weighted by atomic mass is 9.94. The Labute approximate surface area is 124 Å². The van der Waals surface area contributed by atoms with Crippen LogP contribution in [0.1, 0.15) is 50.8 Å². The van der Waals surface area contributed by atoms with Crippen LogP contribution in [0.25, 0.3) is 11.0 Å². The minimum absolute atomic E-state index is 0.00681. The molecule has 0 radical (unpaired) electrons. The Balaban J connectivity index is 1.65. The summed E-state index contributed by atoms with van der Waals surface area (Å²) in [6, 6.07) is 9.69. The molecule has 3 N–H and O–H groups in total. The minimum Gasteiger partial charge on any atom is -0.459 e. The van der Waals surface area contributed by atoms with Crippen LogP contribution in [0.3, 0.4) is 0 Å². The quantitative estimate of drug-likeness (QED) is 0.906. The van der Waals surface area contributed by atoms with E-state index in [1.165, 1.54) is 0 Å². The zero-order valence-corrected chi connectivity index (χ0v) is 12.4. The first-order chi connectivity index (χ1) is 10.1. The summed E-state index contributed by atoms with van der Waals surface area (Å²) in [6.45, 7) is 1.94. The maximum absolute atomic E-state index is 12.2. The number of nitrogens with one attached hydrogen (secondary N) is 1. The molecule has 112 valence electrons. The molecule has 1 aromatic carbocycles. The van der Waals surface area contributed by atoms with Gasteiger partial charge in [-0.05, 0) is 31.9 Å². The van der Waals surface area contributed by atoms with Crippen molar-refractivity contribution in [3.05, 3.63) is 36.1 Å². The summed E-state index contributed by atoms with van der Waals surface area (Å²) < 4.78 is 5.78. The molecule has 4 nitrogen and oxygen atoms in total. The highest BCUT2D eigenvalue weighted by Gasteiger charge is 2.32. The Bertz CT molecular complexity index is 608. The number of furan rings is 1. The molecule has 3 rings (SSSR count). The first-order valence-corrected chi connectivity index (χ1v) is 7.62. The molecule has 0 aliphatic heterocycles. The topological polar surface area (TPSA) is 68.3 Å². The monoisotopic (exact) mass is 286 g/mol. The number of carbonyl (C=O) groups excluding carboxylic acids is 1. The molecule has 1 amide bonds. The average molecular weight is 286 g/mol. The number of hydrogen-bond acceptors (Lipinski definition) is 3. The smallest absolute Gasteiger partial charge is 0.222 e. The lowest BCUT2D eigenvalue weighted by Crippen LogP contribution is -2.42. The Hall–Kier alpha value is -1.81. The van der Waals surface area contributed by atoms with E-state index in [0.717, 1.165) is 42.4 Å². The van der Waals surface area contributed by atoms with Crippen LogP contribution in [0.4, 0.5) is 0 Å². The van der Waals surface area contributed by atoms with E-state index in [9.17, 15) is 4.79 Å². The Morgan fingerprint density at radius 3 is 2.81 bits per heavy atom. The van der Waals surface area contributed by atoms with E-state index in [4.69, 9.17) is 10.2 Å². The highest BCUT2D eigenvalue weighted by Crippen LogP contribution is 2.30. The molecular weight excluding hydrogens is 264 g/mol. The maximum atomic E-state index is 12.2. The highest BCUT2D eigenvalue weighted by molar-refractivity contribution is 5.79. The molecule has 0 bridgehead atoms. The van der Waals surface area contributed by atoms with Gasteiger partial charge in [-0.3, -0.25) is 4.79 Å². The lowest BCUT2D eigenvalue weighted by Gasteiger charge is -2.23. The van der Waals surface area contributed by atoms with Crippen molar-refractivity contribution in [3.63, 3.8) is 0 Å². The molecule has 1 saturated carbocycles. The van der Waals surface area contributed by atoms with Crippen molar-refractivity contribution in [2.75, 3.05) is 0 Å². The summed E-state index contributed by atoms with van der Waals surface area (Å²) in [7, 11) is 0. The Morgan fingerprint density at radius 2 is 2.10 bits per heavy atom. The largest absolute Gasteiger partial charge is 0.459 e. The third-order valence-corrected chi connectivity index (χ3v) is 4.36. The predicted molar refractivity (Wildman–Crippen MR) is 82.8 cm³/mol. The molecule has 21 heavy (non-hydrogen) atoms. The fraction of sp³-hybridized carbons (Fsp3) is 0.471. The summed E-state index contributed by atoms with van der Waals surface area (Å²) in [4.78, 5) is 12.2. The van der Waals surface area contributed by atoms with Crippen molar-refractivity contribution in [1.82, 2.24) is 5.32 Å². The van der Waals surface area contributed by atoms with Gasteiger partial charge in [-0.25, -0.2) is 0 Å². The second-order valence-corrected chi connectivity index (χ2v) is 6.22. The standard InChI is InChI=1S/C17H22N2O2/c1-12(15-10-13-6-2-3-7-14(13)21-15)19-16(20)11-17(18)8-4-5-9-17/h2-3,6-7,10,12H,4-5,8-9,11,18H2,1H3,(H,19,20). The van der Waals surface area contributed by atoms with E-state index in [-0.39, 0.29) is 17.5 Å². The molecule has 1 aliphatic rings. The van der Waals surface area contributed by atoms with Gasteiger partial charge in [0.25, 0.3) is 0 Å². The lowest BCUT2D eigenvalue weighted by molar-refractivity contribution is -0.123. The zero-order valence-electron chi connectivity index (χ0n) is 12.4. The van der Waals surface area contributed by atoms with Crippen LogP contribution in [0.2, 0.25) is 0 Å². The number of amides is 1. The molecule has 1 fully saturated rings. The van der Waals surface area contributed by atoms with Crippen LogP contribution in [-0.4, -0.2) is 11.4 Å². The Morgan fingerprint density at radius 1 is 1.38 bits per heavy atom. The van der Waals surface area contributed by atoms with Gasteiger partial charge in [0.15, 0.2) is 0 Å². The number of fused-ring (bicyclic) bond motifs is 1. The van der Waals surface area contributed by atoms with Crippen molar-refractivity contribution in [1.29, 1.82) is 0 Å². The number of nitrogens with two attached hydrogens (primary N) is 1. The van der Waals surface area contributed by atoms with E-state index in [1.54, 1.807) is 0 Å². The summed E-state index contributed by atoms with van der Waals surface area (Å²) in [5.41, 5.74) is 6.79. The van der Waals surface area contributed by atoms with E-state index in [2.05, 4.69) is 5.32 Å². The van der Waals surface area contributed by atoms with Gasteiger partial charge in [0.2, 0.25) is 5.91 Å². The average Bonchev–Trinajstić information content (AvgIpc) is 3.04. The van der Waals surface area contributed by atoms with Crippen molar-refractivity contribution >= 4 is 16.9 Å². The van der Waals surface area contributed by atoms with Crippen molar-refractivity contribution in [2.45, 2.75) is 50.6 Å². The number of benzene rings is 1. The van der Waals surface area contributed by atoms with Gasteiger partial charge in [0, 0.05) is 17.3 Å². The van der Waals surface area contributed by atoms with Crippen LogP contribution in [-0.2, 0) is 4.79 Å². The summed E-state index contributed by atoms with van der Waals surface area (Å²) >= 11 is 0. The van der Waals surface area contributed by atoms with E-state index >= 15 is 0 Å². The van der Waals surface area contributed by atoms with Crippen molar-refractivity contribution in [3.8, 4) is 0 Å². The number of carbonyl (C=O) groups is 1. The highest BCUT2D eigenvalue weighted by atomic mass is 16.3. The fourth-order valence-corrected chi connectivity index (χ4v) is 3.16. The zero-order chi connectivity index (χ0) is 14.9. The van der Waals surface area contributed by atoms with Crippen molar-refractivity contribution < 1.29 is 9.21 Å². The first-order valence-electron chi connectivity index (χ1n) is 7.62. The van der Waals surface area contributed by atoms with Gasteiger partial charge in [0.1, 0.15) is 11.3 Å². The number of rotatable bonds is 4. The second-order valence-electron chi connectivity index (χ2n) is 6.22. The first kappa shape index (κ1) is 14.1. The van der Waals surface area contributed by atoms with Crippen molar-refractivity contribution in [2.24, 2.45) is 5.73 Å². The normalized spacial score (nSPS) is 18.8. The summed E-state index contributed by atoms with van der Waals surface area (Å²) in [5, 5.41) is 4.05. The third kappa shape index (κ3) is 3.10. The van der Waals surface area contributed by atoms with Gasteiger partial charge in [-0.2, -0.15) is 0 Å². The number of hydrogen-bond donors (Lipinski definition) is 2. The molecule has 4 heteroatoms. The SMILES string of the molecule is CC(NC(=O)CC1(N)CCCC1)c1cc2ccccc2o1. The molecular formula is C17H22N2O2. The van der Waals surface area contributed by atoms with E-state index in [0.29, 0.717) is 6.42 Å². The van der Waals surface area contributed by atoms with Gasteiger partial charge in [-0.1, -0.05) is 31.0 Å². The van der Waals surface area contributed by atoms with Crippen LogP contribution >= 0.6 is 0 Å². The molecule has 1 aromatic heterocycles. The Kier molecular flexibility index (Phi) is 3.72. The molecule has 0 spiro atoms. The molecule has 1 atom stereocenters. The predicted octanol–water partition coefficient (Wildman–Crippen LogP) is 3.27. The van der Waals surface area contributed by atoms with Crippen LogP contribution in [0.5, 0.6) is 0 Å². The molecule has 2 aromatic rings. The van der Waals surface area contributed by atoms with Gasteiger partial charge in [0.05, 0.1) is 6.04 Å². The van der Waals surface area contributed by atoms with Crippen LogP contribution < -0.4 is 11.1 Å². The second kappa shape index (κ2) is 5.53. The number of para-hydroxylation sites is 1. The van der Waals surface area contributed by atoms with E-state index < -0.39 is 0 Å². The summed E-state index contributed by atoms with van der Waals surface area (Å²) in [5.74, 6) is 0.786.